The van der Waals surface area contributed by atoms with E-state index < -0.39 is 24.0 Å². The van der Waals surface area contributed by atoms with Crippen LogP contribution in [0.2, 0.25) is 19.6 Å². The molecule has 0 spiro atoms. The van der Waals surface area contributed by atoms with Crippen LogP contribution in [-0.2, 0) is 10.0 Å². The van der Waals surface area contributed by atoms with Crippen molar-refractivity contribution in [3.05, 3.63) is 60.3 Å². The number of rotatable bonds is 6. The molecule has 0 aliphatic carbocycles. The van der Waals surface area contributed by atoms with Gasteiger partial charge in [-0.3, -0.25) is 4.79 Å². The van der Waals surface area contributed by atoms with E-state index in [9.17, 15) is 13.2 Å². The van der Waals surface area contributed by atoms with Crippen LogP contribution < -0.4 is 14.9 Å². The largest absolute Gasteiger partial charge is 0.350 e. The Morgan fingerprint density at radius 1 is 1.09 bits per heavy atom. The van der Waals surface area contributed by atoms with Crippen LogP contribution in [0, 0.1) is 5.92 Å². The highest BCUT2D eigenvalue weighted by molar-refractivity contribution is 7.90. The van der Waals surface area contributed by atoms with Crippen molar-refractivity contribution < 1.29 is 13.2 Å². The Balaban J connectivity index is 1.77. The quantitative estimate of drug-likeness (QED) is 0.509. The summed E-state index contributed by atoms with van der Waals surface area (Å²) in [6, 6.07) is 13.2. The minimum atomic E-state index is -4.02. The SMILES string of the molecule is C[C@@H]1CN(c2nc(-n3ccc([Si](C)(C)C)n3)ccc2C(=O)NS(=O)(=O)c2ccccc2)C(C)(C)C1. The Kier molecular flexibility index (Phi) is 6.39. The molecule has 0 unspecified atom stereocenters. The van der Waals surface area contributed by atoms with Gasteiger partial charge in [0.1, 0.15) is 13.9 Å². The van der Waals surface area contributed by atoms with Crippen molar-refractivity contribution in [1.29, 1.82) is 0 Å². The molecule has 35 heavy (non-hydrogen) atoms. The highest BCUT2D eigenvalue weighted by Crippen LogP contribution is 2.37. The van der Waals surface area contributed by atoms with Crippen LogP contribution in [0.4, 0.5) is 5.82 Å². The molecule has 3 heterocycles. The van der Waals surface area contributed by atoms with E-state index in [0.29, 0.717) is 24.1 Å². The zero-order valence-corrected chi connectivity index (χ0v) is 22.9. The normalized spacial score (nSPS) is 18.0. The molecule has 1 aliphatic rings. The number of aromatic nitrogens is 3. The topological polar surface area (TPSA) is 97.2 Å². The number of carbonyl (C=O) groups excluding carboxylic acids is 1. The summed E-state index contributed by atoms with van der Waals surface area (Å²) in [5.41, 5.74) is -0.0283. The fourth-order valence-corrected chi connectivity index (χ4v) is 6.57. The summed E-state index contributed by atoms with van der Waals surface area (Å²) >= 11 is 0. The number of nitrogens with one attached hydrogen (secondary N) is 1. The molecular formula is C25H33N5O3SSi. The van der Waals surface area contributed by atoms with E-state index in [1.54, 1.807) is 35.0 Å². The van der Waals surface area contributed by atoms with Crippen molar-refractivity contribution >= 4 is 35.1 Å². The number of pyridine rings is 1. The highest BCUT2D eigenvalue weighted by atomic mass is 32.2. The van der Waals surface area contributed by atoms with E-state index in [4.69, 9.17) is 10.1 Å². The van der Waals surface area contributed by atoms with E-state index in [1.807, 2.05) is 12.3 Å². The first-order valence-electron chi connectivity index (χ1n) is 11.8. The van der Waals surface area contributed by atoms with Gasteiger partial charge in [0.25, 0.3) is 15.9 Å². The zero-order chi connectivity index (χ0) is 25.6. The Morgan fingerprint density at radius 3 is 2.34 bits per heavy atom. The Morgan fingerprint density at radius 2 is 1.77 bits per heavy atom. The Bertz CT molecular complexity index is 1350. The molecule has 3 aromatic rings. The van der Waals surface area contributed by atoms with Crippen molar-refractivity contribution in [1.82, 2.24) is 19.5 Å². The fourth-order valence-electron chi connectivity index (χ4n) is 4.60. The first-order chi connectivity index (χ1) is 16.3. The number of amides is 1. The van der Waals surface area contributed by atoms with Gasteiger partial charge in [-0.15, -0.1) is 0 Å². The molecule has 8 nitrogen and oxygen atoms in total. The molecule has 186 valence electrons. The molecule has 1 aromatic carbocycles. The minimum absolute atomic E-state index is 0.0324. The van der Waals surface area contributed by atoms with Crippen LogP contribution in [0.15, 0.2) is 59.6 Å². The second-order valence-corrected chi connectivity index (χ2v) is 17.6. The van der Waals surface area contributed by atoms with E-state index in [-0.39, 0.29) is 16.0 Å². The maximum Gasteiger partial charge on any atom is 0.268 e. The van der Waals surface area contributed by atoms with Crippen molar-refractivity contribution in [2.75, 3.05) is 11.4 Å². The summed E-state index contributed by atoms with van der Waals surface area (Å²) in [5, 5.41) is 5.81. The summed E-state index contributed by atoms with van der Waals surface area (Å²) in [6.07, 6.45) is 2.82. The van der Waals surface area contributed by atoms with Gasteiger partial charge in [-0.1, -0.05) is 44.8 Å². The van der Waals surface area contributed by atoms with Gasteiger partial charge in [0.2, 0.25) is 0 Å². The maximum absolute atomic E-state index is 13.3. The third-order valence-corrected chi connectivity index (χ3v) is 9.46. The second kappa shape index (κ2) is 8.91. The number of benzene rings is 1. The fraction of sp³-hybridized carbons (Fsp3) is 0.400. The van der Waals surface area contributed by atoms with Gasteiger partial charge >= 0.3 is 0 Å². The average Bonchev–Trinajstić information content (AvgIpc) is 3.37. The minimum Gasteiger partial charge on any atom is -0.350 e. The van der Waals surface area contributed by atoms with Crippen LogP contribution >= 0.6 is 0 Å². The standard InChI is InChI=1S/C25H33N5O3SSi/c1-18-16-25(2,3)29(17-18)23-20(24(31)28-34(32,33)19-10-8-7-9-11-19)12-13-21(26-23)30-15-14-22(27-30)35(4,5)6/h7-15,18H,16-17H2,1-6H3,(H,28,31)/t18-/m0/s1. The lowest BCUT2D eigenvalue weighted by atomic mass is 9.97. The summed E-state index contributed by atoms with van der Waals surface area (Å²) in [6.45, 7) is 13.8. The van der Waals surface area contributed by atoms with Gasteiger partial charge < -0.3 is 4.90 Å². The number of carbonyl (C=O) groups is 1. The molecule has 1 atom stereocenters. The third kappa shape index (κ3) is 5.18. The van der Waals surface area contributed by atoms with E-state index in [0.717, 1.165) is 11.7 Å². The summed E-state index contributed by atoms with van der Waals surface area (Å²) in [7, 11) is -5.63. The molecule has 1 saturated heterocycles. The second-order valence-electron chi connectivity index (χ2n) is 10.9. The van der Waals surface area contributed by atoms with Gasteiger partial charge in [-0.2, -0.15) is 5.10 Å². The van der Waals surface area contributed by atoms with Crippen molar-refractivity contribution in [2.45, 2.75) is 57.3 Å². The first kappa shape index (κ1) is 25.1. The van der Waals surface area contributed by atoms with Crippen LogP contribution in [0.3, 0.4) is 0 Å². The van der Waals surface area contributed by atoms with Gasteiger partial charge in [-0.05, 0) is 56.5 Å². The van der Waals surface area contributed by atoms with Crippen LogP contribution in [-0.4, -0.2) is 49.2 Å². The molecule has 0 radical (unpaired) electrons. The molecule has 1 aliphatic heterocycles. The van der Waals surface area contributed by atoms with E-state index in [2.05, 4.69) is 50.0 Å². The third-order valence-electron chi connectivity index (χ3n) is 6.31. The lowest BCUT2D eigenvalue weighted by molar-refractivity contribution is 0.0981. The van der Waals surface area contributed by atoms with Crippen molar-refractivity contribution in [3.8, 4) is 5.82 Å². The number of hydrogen-bond donors (Lipinski definition) is 1. The Labute approximate surface area is 208 Å². The van der Waals surface area contributed by atoms with Gasteiger partial charge in [0.15, 0.2) is 5.82 Å². The molecule has 1 amide bonds. The first-order valence-corrected chi connectivity index (χ1v) is 16.7. The van der Waals surface area contributed by atoms with Gasteiger partial charge in [0, 0.05) is 23.6 Å². The molecule has 0 saturated carbocycles. The molecule has 1 fully saturated rings. The van der Waals surface area contributed by atoms with Gasteiger partial charge in [0.05, 0.1) is 10.5 Å². The number of anilines is 1. The maximum atomic E-state index is 13.3. The van der Waals surface area contributed by atoms with E-state index >= 15 is 0 Å². The molecule has 0 bridgehead atoms. The summed E-state index contributed by atoms with van der Waals surface area (Å²) < 4.78 is 29.6. The van der Waals surface area contributed by atoms with E-state index in [1.165, 1.54) is 12.1 Å². The molecule has 1 N–H and O–H groups in total. The number of hydrogen-bond acceptors (Lipinski definition) is 6. The molecule has 2 aromatic heterocycles. The van der Waals surface area contributed by atoms with Crippen LogP contribution in [0.5, 0.6) is 0 Å². The predicted molar refractivity (Wildman–Crippen MR) is 141 cm³/mol. The molecule has 10 heteroatoms. The van der Waals surface area contributed by atoms with Crippen LogP contribution in [0.25, 0.3) is 5.82 Å². The molecular weight excluding hydrogens is 478 g/mol. The average molecular weight is 512 g/mol. The Hall–Kier alpha value is -2.98. The number of nitrogens with zero attached hydrogens (tertiary/aromatic N) is 4. The van der Waals surface area contributed by atoms with Crippen LogP contribution in [0.1, 0.15) is 37.6 Å². The molecule has 4 rings (SSSR count). The number of sulfonamides is 1. The zero-order valence-electron chi connectivity index (χ0n) is 21.1. The van der Waals surface area contributed by atoms with Gasteiger partial charge in [-0.25, -0.2) is 22.8 Å². The smallest absolute Gasteiger partial charge is 0.268 e. The lowest BCUT2D eigenvalue weighted by Gasteiger charge is -2.34. The lowest BCUT2D eigenvalue weighted by Crippen LogP contribution is -2.41. The van der Waals surface area contributed by atoms with Crippen molar-refractivity contribution in [3.63, 3.8) is 0 Å². The predicted octanol–water partition coefficient (Wildman–Crippen LogP) is 3.56. The summed E-state index contributed by atoms with van der Waals surface area (Å²) in [5.74, 6) is 0.745. The highest BCUT2D eigenvalue weighted by Gasteiger charge is 2.39. The van der Waals surface area contributed by atoms with Crippen molar-refractivity contribution in [2.24, 2.45) is 5.92 Å². The summed E-state index contributed by atoms with van der Waals surface area (Å²) in [4.78, 5) is 20.3. The monoisotopic (exact) mass is 511 g/mol.